The van der Waals surface area contributed by atoms with Gasteiger partial charge in [0, 0.05) is 17.3 Å². The van der Waals surface area contributed by atoms with Crippen LogP contribution in [-0.4, -0.2) is 22.4 Å². The van der Waals surface area contributed by atoms with Gasteiger partial charge in [0.1, 0.15) is 0 Å². The molecule has 2 amide bonds. The van der Waals surface area contributed by atoms with Gasteiger partial charge in [0.15, 0.2) is 0 Å². The highest BCUT2D eigenvalue weighted by Crippen LogP contribution is 2.26. The Bertz CT molecular complexity index is 606. The van der Waals surface area contributed by atoms with Crippen LogP contribution in [0.4, 0.5) is 21.0 Å². The van der Waals surface area contributed by atoms with Crippen LogP contribution in [0, 0.1) is 0 Å². The largest absolute Gasteiger partial charge is 0.465 e. The van der Waals surface area contributed by atoms with Crippen molar-refractivity contribution in [3.63, 3.8) is 0 Å². The summed E-state index contributed by atoms with van der Waals surface area (Å²) in [6, 6.07) is 14.3. The van der Waals surface area contributed by atoms with E-state index in [0.29, 0.717) is 11.4 Å². The molecule has 4 N–H and O–H groups in total. The van der Waals surface area contributed by atoms with Crippen LogP contribution in [0.3, 0.4) is 0 Å². The van der Waals surface area contributed by atoms with Crippen LogP contribution in [0.15, 0.2) is 48.5 Å². The first-order valence-electron chi connectivity index (χ1n) is 6.65. The minimum atomic E-state index is -1.10. The van der Waals surface area contributed by atoms with Crippen molar-refractivity contribution in [2.45, 2.75) is 12.8 Å². The molecule has 0 aliphatic rings. The molecule has 0 heterocycles. The predicted molar refractivity (Wildman–Crippen MR) is 83.7 cm³/mol. The maximum absolute atomic E-state index is 10.6. The molecule has 0 saturated carbocycles. The fourth-order valence-electron chi connectivity index (χ4n) is 2.15. The summed E-state index contributed by atoms with van der Waals surface area (Å²) in [7, 11) is 0. The van der Waals surface area contributed by atoms with E-state index in [4.69, 9.17) is 10.2 Å². The van der Waals surface area contributed by atoms with E-state index in [1.54, 1.807) is 24.3 Å². The van der Waals surface area contributed by atoms with Crippen molar-refractivity contribution >= 4 is 23.6 Å². The third-order valence-corrected chi connectivity index (χ3v) is 3.32. The van der Waals surface area contributed by atoms with Gasteiger partial charge in [0.05, 0.1) is 0 Å². The molecule has 0 spiro atoms. The number of nitrogens with one attached hydrogen (secondary N) is 2. The lowest BCUT2D eigenvalue weighted by Crippen LogP contribution is -2.07. The Balaban J connectivity index is 2.11. The van der Waals surface area contributed by atoms with Crippen LogP contribution in [0.2, 0.25) is 0 Å². The van der Waals surface area contributed by atoms with Crippen molar-refractivity contribution in [1.82, 2.24) is 0 Å². The molecule has 2 aromatic carbocycles. The van der Waals surface area contributed by atoms with E-state index in [9.17, 15) is 9.59 Å². The van der Waals surface area contributed by atoms with Crippen LogP contribution in [0.1, 0.15) is 24.0 Å². The summed E-state index contributed by atoms with van der Waals surface area (Å²) in [5.41, 5.74) is 3.11. The van der Waals surface area contributed by atoms with Crippen molar-refractivity contribution < 1.29 is 19.8 Å². The van der Waals surface area contributed by atoms with Gasteiger partial charge in [0.2, 0.25) is 0 Å². The lowest BCUT2D eigenvalue weighted by molar-refractivity contribution is 0.208. The van der Waals surface area contributed by atoms with Crippen molar-refractivity contribution in [3.8, 4) is 0 Å². The fourth-order valence-corrected chi connectivity index (χ4v) is 2.15. The van der Waals surface area contributed by atoms with E-state index in [-0.39, 0.29) is 5.92 Å². The van der Waals surface area contributed by atoms with Gasteiger partial charge in [0.25, 0.3) is 0 Å². The maximum atomic E-state index is 10.6. The second-order valence-corrected chi connectivity index (χ2v) is 4.83. The molecule has 6 heteroatoms. The van der Waals surface area contributed by atoms with Gasteiger partial charge < -0.3 is 10.2 Å². The molecule has 0 unspecified atom stereocenters. The minimum Gasteiger partial charge on any atom is -0.465 e. The first-order valence-corrected chi connectivity index (χ1v) is 6.65. The first-order chi connectivity index (χ1) is 10.5. The van der Waals surface area contributed by atoms with Gasteiger partial charge in [-0.25, -0.2) is 9.59 Å². The molecular weight excluding hydrogens is 284 g/mol. The average Bonchev–Trinajstić information content (AvgIpc) is 2.47. The Morgan fingerprint density at radius 1 is 0.773 bits per heavy atom. The highest BCUT2D eigenvalue weighted by Gasteiger charge is 2.09. The zero-order chi connectivity index (χ0) is 16.1. The summed E-state index contributed by atoms with van der Waals surface area (Å²) in [6.45, 7) is 2.03. The van der Waals surface area contributed by atoms with Gasteiger partial charge in [-0.2, -0.15) is 0 Å². The van der Waals surface area contributed by atoms with Crippen molar-refractivity contribution in [3.05, 3.63) is 59.7 Å². The van der Waals surface area contributed by atoms with Crippen LogP contribution < -0.4 is 10.6 Å². The SMILES string of the molecule is CC(c1ccc(NC(=O)O)cc1)c1ccc(NC(=O)O)cc1. The zero-order valence-electron chi connectivity index (χ0n) is 11.9. The third kappa shape index (κ3) is 3.99. The lowest BCUT2D eigenvalue weighted by atomic mass is 9.93. The van der Waals surface area contributed by atoms with Gasteiger partial charge >= 0.3 is 12.2 Å². The summed E-state index contributed by atoms with van der Waals surface area (Å²) < 4.78 is 0. The third-order valence-electron chi connectivity index (χ3n) is 3.32. The Labute approximate surface area is 127 Å². The smallest absolute Gasteiger partial charge is 0.409 e. The van der Waals surface area contributed by atoms with E-state index >= 15 is 0 Å². The number of amides is 2. The Hall–Kier alpha value is -3.02. The van der Waals surface area contributed by atoms with Crippen LogP contribution >= 0.6 is 0 Å². The molecule has 6 nitrogen and oxygen atoms in total. The van der Waals surface area contributed by atoms with E-state index in [2.05, 4.69) is 10.6 Å². The molecule has 22 heavy (non-hydrogen) atoms. The molecule has 2 aromatic rings. The normalized spacial score (nSPS) is 10.3. The molecule has 0 fully saturated rings. The lowest BCUT2D eigenvalue weighted by Gasteiger charge is -2.14. The number of carboxylic acid groups (broad SMARTS) is 2. The quantitative estimate of drug-likeness (QED) is 0.685. The van der Waals surface area contributed by atoms with Crippen LogP contribution in [0.25, 0.3) is 0 Å². The van der Waals surface area contributed by atoms with E-state index in [0.717, 1.165) is 11.1 Å². The summed E-state index contributed by atoms with van der Waals surface area (Å²) >= 11 is 0. The number of anilines is 2. The summed E-state index contributed by atoms with van der Waals surface area (Å²) in [4.78, 5) is 21.1. The van der Waals surface area contributed by atoms with Crippen molar-refractivity contribution in [2.75, 3.05) is 10.6 Å². The predicted octanol–water partition coefficient (Wildman–Crippen LogP) is 4.02. The second-order valence-electron chi connectivity index (χ2n) is 4.83. The van der Waals surface area contributed by atoms with Gasteiger partial charge in [-0.1, -0.05) is 31.2 Å². The molecule has 0 saturated heterocycles. The number of hydrogen-bond acceptors (Lipinski definition) is 2. The molecule has 0 aromatic heterocycles. The molecule has 0 aliphatic heterocycles. The first kappa shape index (κ1) is 15.4. The second kappa shape index (κ2) is 6.62. The summed E-state index contributed by atoms with van der Waals surface area (Å²) in [6.07, 6.45) is -2.19. The average molecular weight is 300 g/mol. The zero-order valence-corrected chi connectivity index (χ0v) is 11.9. The number of rotatable bonds is 4. The minimum absolute atomic E-state index is 0.109. The number of benzene rings is 2. The molecular formula is C16H16N2O4. The van der Waals surface area contributed by atoms with Crippen molar-refractivity contribution in [2.24, 2.45) is 0 Å². The standard InChI is InChI=1S/C16H16N2O4/c1-10(11-2-6-13(7-3-11)17-15(19)20)12-4-8-14(9-5-12)18-16(21)22/h2-10,17-18H,1H3,(H,19,20)(H,21,22). The van der Waals surface area contributed by atoms with E-state index in [1.807, 2.05) is 31.2 Å². The van der Waals surface area contributed by atoms with Gasteiger partial charge in [-0.05, 0) is 35.4 Å². The topological polar surface area (TPSA) is 98.7 Å². The molecule has 114 valence electrons. The Morgan fingerprint density at radius 2 is 1.09 bits per heavy atom. The fraction of sp³-hybridized carbons (Fsp3) is 0.125. The Morgan fingerprint density at radius 3 is 1.36 bits per heavy atom. The molecule has 2 rings (SSSR count). The van der Waals surface area contributed by atoms with Gasteiger partial charge in [-0.3, -0.25) is 10.6 Å². The molecule has 0 bridgehead atoms. The van der Waals surface area contributed by atoms with Gasteiger partial charge in [-0.15, -0.1) is 0 Å². The Kier molecular flexibility index (Phi) is 4.63. The van der Waals surface area contributed by atoms with Crippen LogP contribution in [-0.2, 0) is 0 Å². The van der Waals surface area contributed by atoms with Crippen molar-refractivity contribution in [1.29, 1.82) is 0 Å². The number of hydrogen-bond donors (Lipinski definition) is 4. The highest BCUT2D eigenvalue weighted by molar-refractivity contribution is 5.83. The highest BCUT2D eigenvalue weighted by atomic mass is 16.4. The van der Waals surface area contributed by atoms with E-state index < -0.39 is 12.2 Å². The maximum Gasteiger partial charge on any atom is 0.409 e. The molecule has 0 aliphatic carbocycles. The monoisotopic (exact) mass is 300 g/mol. The van der Waals surface area contributed by atoms with E-state index in [1.165, 1.54) is 0 Å². The summed E-state index contributed by atoms with van der Waals surface area (Å²) in [5, 5.41) is 21.9. The molecule has 0 radical (unpaired) electrons. The molecule has 0 atom stereocenters. The summed E-state index contributed by atoms with van der Waals surface area (Å²) in [5.74, 6) is 0.109. The van der Waals surface area contributed by atoms with Crippen LogP contribution in [0.5, 0.6) is 0 Å². The number of carbonyl (C=O) groups is 2.